The Hall–Kier alpha value is -2.00. The topological polar surface area (TPSA) is 41.1 Å². The minimum atomic E-state index is -0.0276. The molecular weight excluding hydrogens is 284 g/mol. The molecule has 1 saturated carbocycles. The maximum absolute atomic E-state index is 12.0. The van der Waals surface area contributed by atoms with E-state index in [4.69, 9.17) is 11.6 Å². The van der Waals surface area contributed by atoms with Gasteiger partial charge >= 0.3 is 0 Å². The van der Waals surface area contributed by atoms with E-state index in [1.807, 2.05) is 36.4 Å². The van der Waals surface area contributed by atoms with E-state index in [9.17, 15) is 4.79 Å². The molecule has 2 aromatic carbocycles. The summed E-state index contributed by atoms with van der Waals surface area (Å²) in [6, 6.07) is 15.8. The summed E-state index contributed by atoms with van der Waals surface area (Å²) in [6.07, 6.45) is 2.85. The molecule has 2 aromatic rings. The summed E-state index contributed by atoms with van der Waals surface area (Å²) in [5.41, 5.74) is 2.87. The van der Waals surface area contributed by atoms with Gasteiger partial charge in [0.1, 0.15) is 0 Å². The molecule has 0 spiro atoms. The predicted molar refractivity (Wildman–Crippen MR) is 86.9 cm³/mol. The standard InChI is InChI=1S/C17H17ClN2O/c18-13-3-1-12(2-4-13)11-17(21)20-16-9-7-15(8-10-16)19-14-5-6-14/h1-4,7-10,14,19H,5-6,11H2,(H,20,21). The highest BCUT2D eigenvalue weighted by Gasteiger charge is 2.20. The zero-order valence-corrected chi connectivity index (χ0v) is 12.4. The lowest BCUT2D eigenvalue weighted by Crippen LogP contribution is -2.14. The van der Waals surface area contributed by atoms with Gasteiger partial charge in [-0.3, -0.25) is 4.79 Å². The number of rotatable bonds is 5. The van der Waals surface area contributed by atoms with E-state index in [0.717, 1.165) is 16.9 Å². The van der Waals surface area contributed by atoms with Gasteiger partial charge in [-0.2, -0.15) is 0 Å². The molecule has 1 fully saturated rings. The van der Waals surface area contributed by atoms with Gasteiger partial charge in [-0.05, 0) is 54.8 Å². The summed E-state index contributed by atoms with van der Waals surface area (Å²) in [6.45, 7) is 0. The summed E-state index contributed by atoms with van der Waals surface area (Å²) in [5.74, 6) is -0.0276. The summed E-state index contributed by atoms with van der Waals surface area (Å²) in [7, 11) is 0. The first kappa shape index (κ1) is 14.0. The van der Waals surface area contributed by atoms with Gasteiger partial charge in [0.2, 0.25) is 5.91 Å². The van der Waals surface area contributed by atoms with Crippen molar-refractivity contribution in [1.29, 1.82) is 0 Å². The summed E-state index contributed by atoms with van der Waals surface area (Å²) in [4.78, 5) is 12.0. The predicted octanol–water partition coefficient (Wildman–Crippen LogP) is 4.10. The van der Waals surface area contributed by atoms with Crippen LogP contribution in [0.5, 0.6) is 0 Å². The van der Waals surface area contributed by atoms with Crippen LogP contribution in [0.3, 0.4) is 0 Å². The summed E-state index contributed by atoms with van der Waals surface area (Å²) < 4.78 is 0. The lowest BCUT2D eigenvalue weighted by atomic mass is 10.1. The van der Waals surface area contributed by atoms with Crippen molar-refractivity contribution in [3.63, 3.8) is 0 Å². The Morgan fingerprint density at radius 2 is 1.62 bits per heavy atom. The normalized spacial score (nSPS) is 13.8. The summed E-state index contributed by atoms with van der Waals surface area (Å²) >= 11 is 5.83. The highest BCUT2D eigenvalue weighted by molar-refractivity contribution is 6.30. The largest absolute Gasteiger partial charge is 0.382 e. The SMILES string of the molecule is O=C(Cc1ccc(Cl)cc1)Nc1ccc(NC2CC2)cc1. The highest BCUT2D eigenvalue weighted by Crippen LogP contribution is 2.25. The van der Waals surface area contributed by atoms with Crippen molar-refractivity contribution < 1.29 is 4.79 Å². The van der Waals surface area contributed by atoms with Crippen LogP contribution in [0.4, 0.5) is 11.4 Å². The molecule has 0 unspecified atom stereocenters. The fourth-order valence-corrected chi connectivity index (χ4v) is 2.23. The smallest absolute Gasteiger partial charge is 0.228 e. The molecule has 1 aliphatic rings. The number of halogens is 1. The molecule has 21 heavy (non-hydrogen) atoms. The number of amides is 1. The molecule has 0 aromatic heterocycles. The van der Waals surface area contributed by atoms with Gasteiger partial charge < -0.3 is 10.6 Å². The van der Waals surface area contributed by atoms with E-state index < -0.39 is 0 Å². The van der Waals surface area contributed by atoms with Crippen molar-refractivity contribution >= 4 is 28.9 Å². The Morgan fingerprint density at radius 3 is 2.24 bits per heavy atom. The number of carbonyl (C=O) groups excluding carboxylic acids is 1. The van der Waals surface area contributed by atoms with Crippen molar-refractivity contribution in [2.24, 2.45) is 0 Å². The van der Waals surface area contributed by atoms with E-state index in [0.29, 0.717) is 17.5 Å². The van der Waals surface area contributed by atoms with E-state index in [2.05, 4.69) is 10.6 Å². The van der Waals surface area contributed by atoms with Crippen LogP contribution in [0.25, 0.3) is 0 Å². The number of nitrogens with one attached hydrogen (secondary N) is 2. The molecule has 0 aliphatic heterocycles. The molecule has 0 atom stereocenters. The molecule has 0 heterocycles. The number of anilines is 2. The van der Waals surface area contributed by atoms with E-state index in [1.54, 1.807) is 12.1 Å². The second-order valence-electron chi connectivity index (χ2n) is 5.35. The third-order valence-electron chi connectivity index (χ3n) is 3.39. The molecule has 0 saturated heterocycles. The molecule has 4 heteroatoms. The maximum atomic E-state index is 12.0. The van der Waals surface area contributed by atoms with Crippen LogP contribution in [0.2, 0.25) is 5.02 Å². The Labute approximate surface area is 129 Å². The maximum Gasteiger partial charge on any atom is 0.228 e. The van der Waals surface area contributed by atoms with E-state index in [1.165, 1.54) is 12.8 Å². The average Bonchev–Trinajstić information content (AvgIpc) is 3.28. The lowest BCUT2D eigenvalue weighted by Gasteiger charge is -2.08. The Morgan fingerprint density at radius 1 is 1.00 bits per heavy atom. The Balaban J connectivity index is 1.55. The summed E-state index contributed by atoms with van der Waals surface area (Å²) in [5, 5.41) is 7.00. The van der Waals surface area contributed by atoms with Gasteiger partial charge in [-0.1, -0.05) is 23.7 Å². The van der Waals surface area contributed by atoms with Gasteiger partial charge in [-0.25, -0.2) is 0 Å². The van der Waals surface area contributed by atoms with Crippen LogP contribution in [-0.2, 0) is 11.2 Å². The van der Waals surface area contributed by atoms with Crippen LogP contribution in [0.15, 0.2) is 48.5 Å². The average molecular weight is 301 g/mol. The highest BCUT2D eigenvalue weighted by atomic mass is 35.5. The zero-order valence-electron chi connectivity index (χ0n) is 11.6. The molecule has 108 valence electrons. The molecule has 1 aliphatic carbocycles. The van der Waals surface area contributed by atoms with E-state index in [-0.39, 0.29) is 5.91 Å². The van der Waals surface area contributed by atoms with Crippen LogP contribution in [0.1, 0.15) is 18.4 Å². The first-order chi connectivity index (χ1) is 10.2. The molecule has 0 bridgehead atoms. The minimum absolute atomic E-state index is 0.0276. The number of benzene rings is 2. The van der Waals surface area contributed by atoms with Gasteiger partial charge in [0.05, 0.1) is 6.42 Å². The first-order valence-corrected chi connectivity index (χ1v) is 7.48. The van der Waals surface area contributed by atoms with Gasteiger partial charge in [-0.15, -0.1) is 0 Å². The van der Waals surface area contributed by atoms with Crippen molar-refractivity contribution in [3.05, 3.63) is 59.1 Å². The van der Waals surface area contributed by atoms with Crippen LogP contribution in [-0.4, -0.2) is 11.9 Å². The quantitative estimate of drug-likeness (QED) is 0.873. The van der Waals surface area contributed by atoms with Gasteiger partial charge in [0.15, 0.2) is 0 Å². The molecule has 0 radical (unpaired) electrons. The minimum Gasteiger partial charge on any atom is -0.382 e. The third-order valence-corrected chi connectivity index (χ3v) is 3.65. The zero-order chi connectivity index (χ0) is 14.7. The number of carbonyl (C=O) groups is 1. The van der Waals surface area contributed by atoms with Crippen LogP contribution >= 0.6 is 11.6 Å². The van der Waals surface area contributed by atoms with Crippen molar-refractivity contribution in [3.8, 4) is 0 Å². The Bertz CT molecular complexity index is 618. The molecule has 1 amide bonds. The van der Waals surface area contributed by atoms with Crippen molar-refractivity contribution in [2.75, 3.05) is 10.6 Å². The van der Waals surface area contributed by atoms with Crippen LogP contribution in [0, 0.1) is 0 Å². The number of hydrogen-bond donors (Lipinski definition) is 2. The second-order valence-corrected chi connectivity index (χ2v) is 5.78. The van der Waals surface area contributed by atoms with Crippen molar-refractivity contribution in [2.45, 2.75) is 25.3 Å². The molecule has 3 rings (SSSR count). The van der Waals surface area contributed by atoms with E-state index >= 15 is 0 Å². The monoisotopic (exact) mass is 300 g/mol. The van der Waals surface area contributed by atoms with Crippen LogP contribution < -0.4 is 10.6 Å². The van der Waals surface area contributed by atoms with Gasteiger partial charge in [0.25, 0.3) is 0 Å². The molecular formula is C17H17ClN2O. The molecule has 3 nitrogen and oxygen atoms in total. The molecule has 2 N–H and O–H groups in total. The Kier molecular flexibility index (Phi) is 4.11. The van der Waals surface area contributed by atoms with Gasteiger partial charge in [0, 0.05) is 22.4 Å². The number of hydrogen-bond acceptors (Lipinski definition) is 2. The fourth-order valence-electron chi connectivity index (χ4n) is 2.11. The fraction of sp³-hybridized carbons (Fsp3) is 0.235. The lowest BCUT2D eigenvalue weighted by molar-refractivity contribution is -0.115. The van der Waals surface area contributed by atoms with Crippen molar-refractivity contribution in [1.82, 2.24) is 0 Å². The first-order valence-electron chi connectivity index (χ1n) is 7.10. The second kappa shape index (κ2) is 6.19. The third kappa shape index (κ3) is 4.23.